The molecule has 2 saturated heterocycles. The summed E-state index contributed by atoms with van der Waals surface area (Å²) in [4.78, 5) is 11.1. The van der Waals surface area contributed by atoms with E-state index in [1.54, 1.807) is 12.4 Å². The summed E-state index contributed by atoms with van der Waals surface area (Å²) in [6, 6.07) is 9.45. The van der Waals surface area contributed by atoms with Crippen LogP contribution in [-0.2, 0) is 0 Å². The molecular weight excluding hydrogens is 286 g/mol. The van der Waals surface area contributed by atoms with E-state index in [-0.39, 0.29) is 0 Å². The highest BCUT2D eigenvalue weighted by atomic mass is 15.2. The summed E-state index contributed by atoms with van der Waals surface area (Å²) in [6.07, 6.45) is 10.8. The van der Waals surface area contributed by atoms with Crippen LogP contribution >= 0.6 is 0 Å². The van der Waals surface area contributed by atoms with Gasteiger partial charge in [-0.05, 0) is 43.5 Å². The molecule has 2 unspecified atom stereocenters. The third-order valence-corrected chi connectivity index (χ3v) is 4.83. The van der Waals surface area contributed by atoms with Crippen molar-refractivity contribution in [3.8, 4) is 0 Å². The van der Waals surface area contributed by atoms with Crippen molar-refractivity contribution >= 4 is 17.2 Å². The molecule has 120 valence electrons. The molecule has 2 aliphatic rings. The zero-order valence-corrected chi connectivity index (χ0v) is 13.3. The summed E-state index contributed by atoms with van der Waals surface area (Å²) in [6.45, 7) is 2.21. The van der Waals surface area contributed by atoms with E-state index in [1.807, 2.05) is 18.3 Å². The largest absolute Gasteiger partial charge is 0.369 e. The fourth-order valence-electron chi connectivity index (χ4n) is 3.62. The molecule has 2 aromatic rings. The van der Waals surface area contributed by atoms with Crippen molar-refractivity contribution in [2.24, 2.45) is 0 Å². The van der Waals surface area contributed by atoms with E-state index < -0.39 is 0 Å². The summed E-state index contributed by atoms with van der Waals surface area (Å²) in [7, 11) is 0. The summed E-state index contributed by atoms with van der Waals surface area (Å²) in [5, 5.41) is 7.08. The van der Waals surface area contributed by atoms with Crippen LogP contribution in [0.5, 0.6) is 0 Å². The predicted molar refractivity (Wildman–Crippen MR) is 93.1 cm³/mol. The van der Waals surface area contributed by atoms with Gasteiger partial charge in [0.2, 0.25) is 0 Å². The second-order valence-corrected chi connectivity index (χ2v) is 6.49. The van der Waals surface area contributed by atoms with Gasteiger partial charge in [-0.1, -0.05) is 6.42 Å². The minimum absolute atomic E-state index is 0.630. The summed E-state index contributed by atoms with van der Waals surface area (Å²) >= 11 is 0. The Morgan fingerprint density at radius 1 is 1.04 bits per heavy atom. The number of piperidine rings is 1. The van der Waals surface area contributed by atoms with Crippen molar-refractivity contribution in [2.75, 3.05) is 23.3 Å². The predicted octanol–water partition coefficient (Wildman–Crippen LogP) is 2.94. The Balaban J connectivity index is 1.45. The van der Waals surface area contributed by atoms with Crippen LogP contribution in [0.1, 0.15) is 25.7 Å². The Morgan fingerprint density at radius 3 is 2.74 bits per heavy atom. The van der Waals surface area contributed by atoms with Gasteiger partial charge >= 0.3 is 0 Å². The molecule has 0 radical (unpaired) electrons. The molecule has 2 atom stereocenters. The molecule has 2 fully saturated rings. The van der Waals surface area contributed by atoms with Gasteiger partial charge in [0.05, 0.1) is 11.9 Å². The number of nitrogens with zero attached hydrogens (tertiary/aromatic N) is 3. The van der Waals surface area contributed by atoms with Crippen LogP contribution in [-0.4, -0.2) is 35.1 Å². The number of hydrogen-bond donors (Lipinski definition) is 2. The standard InChI is InChI=1S/C18H23N5/c1-2-14-8-11-23(13-16(3-1)21-14)17-4-5-18(20-12-17)22-15-6-9-19-10-7-15/h4-7,9-10,12,14,16,21H,1-3,8,11,13H2,(H,19,20,22). The third kappa shape index (κ3) is 3.45. The molecule has 2 bridgehead atoms. The first kappa shape index (κ1) is 14.5. The smallest absolute Gasteiger partial charge is 0.130 e. The lowest BCUT2D eigenvalue weighted by Crippen LogP contribution is -2.44. The molecule has 5 nitrogen and oxygen atoms in total. The number of hydrogen-bond acceptors (Lipinski definition) is 5. The maximum absolute atomic E-state index is 4.57. The number of nitrogens with one attached hydrogen (secondary N) is 2. The van der Waals surface area contributed by atoms with Gasteiger partial charge in [-0.2, -0.15) is 0 Å². The molecule has 2 N–H and O–H groups in total. The minimum atomic E-state index is 0.630. The van der Waals surface area contributed by atoms with Crippen LogP contribution in [0.2, 0.25) is 0 Å². The molecule has 2 aliphatic heterocycles. The first-order valence-electron chi connectivity index (χ1n) is 8.51. The SMILES string of the molecule is c1cc(Nc2ccc(N3CCC4CCCC(C3)N4)cn2)ccn1. The Kier molecular flexibility index (Phi) is 4.11. The maximum Gasteiger partial charge on any atom is 0.130 e. The second kappa shape index (κ2) is 6.54. The molecule has 23 heavy (non-hydrogen) atoms. The second-order valence-electron chi connectivity index (χ2n) is 6.49. The van der Waals surface area contributed by atoms with Crippen LogP contribution in [0, 0.1) is 0 Å². The van der Waals surface area contributed by atoms with Crippen LogP contribution in [0.4, 0.5) is 17.2 Å². The van der Waals surface area contributed by atoms with Crippen molar-refractivity contribution in [1.82, 2.24) is 15.3 Å². The molecule has 4 rings (SSSR count). The van der Waals surface area contributed by atoms with Gasteiger partial charge in [0.15, 0.2) is 0 Å². The number of aromatic nitrogens is 2. The van der Waals surface area contributed by atoms with Crippen molar-refractivity contribution in [3.05, 3.63) is 42.9 Å². The topological polar surface area (TPSA) is 53.1 Å². The quantitative estimate of drug-likeness (QED) is 0.913. The van der Waals surface area contributed by atoms with E-state index in [9.17, 15) is 0 Å². The van der Waals surface area contributed by atoms with Crippen molar-refractivity contribution in [2.45, 2.75) is 37.8 Å². The van der Waals surface area contributed by atoms with E-state index in [1.165, 1.54) is 31.4 Å². The lowest BCUT2D eigenvalue weighted by atomic mass is 9.98. The van der Waals surface area contributed by atoms with Gasteiger partial charge in [-0.25, -0.2) is 4.98 Å². The van der Waals surface area contributed by atoms with Gasteiger partial charge in [0.1, 0.15) is 5.82 Å². The van der Waals surface area contributed by atoms with Crippen LogP contribution < -0.4 is 15.5 Å². The van der Waals surface area contributed by atoms with E-state index in [0.29, 0.717) is 12.1 Å². The first-order valence-corrected chi connectivity index (χ1v) is 8.51. The van der Waals surface area contributed by atoms with E-state index in [0.717, 1.165) is 24.6 Å². The van der Waals surface area contributed by atoms with E-state index in [2.05, 4.69) is 37.6 Å². The third-order valence-electron chi connectivity index (χ3n) is 4.83. The maximum atomic E-state index is 4.57. The van der Waals surface area contributed by atoms with Crippen LogP contribution in [0.25, 0.3) is 0 Å². The summed E-state index contributed by atoms with van der Waals surface area (Å²) < 4.78 is 0. The van der Waals surface area contributed by atoms with Crippen molar-refractivity contribution in [3.63, 3.8) is 0 Å². The molecule has 2 aromatic heterocycles. The molecule has 5 heteroatoms. The monoisotopic (exact) mass is 309 g/mol. The number of rotatable bonds is 3. The molecule has 0 amide bonds. The Bertz CT molecular complexity index is 628. The Morgan fingerprint density at radius 2 is 1.91 bits per heavy atom. The van der Waals surface area contributed by atoms with Crippen LogP contribution in [0.15, 0.2) is 42.9 Å². The highest BCUT2D eigenvalue weighted by Gasteiger charge is 2.27. The average molecular weight is 309 g/mol. The van der Waals surface area contributed by atoms with Crippen molar-refractivity contribution in [1.29, 1.82) is 0 Å². The first-order chi connectivity index (χ1) is 11.4. The van der Waals surface area contributed by atoms with Gasteiger partial charge in [0.25, 0.3) is 0 Å². The fraction of sp³-hybridized carbons (Fsp3) is 0.444. The summed E-state index contributed by atoms with van der Waals surface area (Å²) in [5.41, 5.74) is 2.23. The van der Waals surface area contributed by atoms with E-state index in [4.69, 9.17) is 0 Å². The molecule has 4 heterocycles. The zero-order chi connectivity index (χ0) is 15.5. The molecule has 0 aromatic carbocycles. The Hall–Kier alpha value is -2.14. The summed E-state index contributed by atoms with van der Waals surface area (Å²) in [5.74, 6) is 0.867. The normalized spacial score (nSPS) is 24.1. The zero-order valence-electron chi connectivity index (χ0n) is 13.3. The fourth-order valence-corrected chi connectivity index (χ4v) is 3.62. The molecular formula is C18H23N5. The van der Waals surface area contributed by atoms with Crippen LogP contribution in [0.3, 0.4) is 0 Å². The van der Waals surface area contributed by atoms with Gasteiger partial charge in [-0.15, -0.1) is 0 Å². The Labute approximate surface area is 137 Å². The number of fused-ring (bicyclic) bond motifs is 2. The van der Waals surface area contributed by atoms with Crippen molar-refractivity contribution < 1.29 is 0 Å². The number of pyridine rings is 2. The lowest BCUT2D eigenvalue weighted by Gasteiger charge is -2.29. The lowest BCUT2D eigenvalue weighted by molar-refractivity contribution is 0.336. The van der Waals surface area contributed by atoms with Gasteiger partial charge in [0, 0.05) is 43.3 Å². The molecule has 0 aliphatic carbocycles. The van der Waals surface area contributed by atoms with E-state index >= 15 is 0 Å². The number of anilines is 3. The molecule has 0 saturated carbocycles. The average Bonchev–Trinajstić information content (AvgIpc) is 2.74. The van der Waals surface area contributed by atoms with Gasteiger partial charge < -0.3 is 15.5 Å². The molecule has 0 spiro atoms. The minimum Gasteiger partial charge on any atom is -0.369 e. The highest BCUT2D eigenvalue weighted by Crippen LogP contribution is 2.24. The highest BCUT2D eigenvalue weighted by molar-refractivity contribution is 5.57. The van der Waals surface area contributed by atoms with Gasteiger partial charge in [-0.3, -0.25) is 4.98 Å².